The van der Waals surface area contributed by atoms with Crippen LogP contribution in [-0.4, -0.2) is 55.0 Å². The maximum atomic E-state index is 12.5. The average molecular weight is 637 g/mol. The molecule has 0 radical (unpaired) electrons. The first-order valence-corrected chi connectivity index (χ1v) is 13.2. The van der Waals surface area contributed by atoms with Crippen molar-refractivity contribution in [2.24, 2.45) is 10.8 Å². The van der Waals surface area contributed by atoms with Crippen molar-refractivity contribution in [2.75, 3.05) is 26.2 Å². The van der Waals surface area contributed by atoms with E-state index in [0.29, 0.717) is 12.1 Å². The second-order valence-electron chi connectivity index (χ2n) is 11.5. The lowest BCUT2D eigenvalue weighted by Gasteiger charge is -2.21. The minimum atomic E-state index is -0.965. The largest absolute Gasteiger partial charge is 0.422 e. The SMILES string of the molecule is Br.CC(C)(C)C(=O)Oc1ccc(C(O)CNCCNC(=O)CNC(=O)Cc2ccccc2)cc1OC(=O)C(C)(C)C. The van der Waals surface area contributed by atoms with Gasteiger partial charge in [0.05, 0.1) is 29.9 Å². The molecule has 2 aromatic carbocycles. The zero-order valence-corrected chi connectivity index (χ0v) is 26.2. The molecule has 2 aromatic rings. The molecule has 0 spiro atoms. The van der Waals surface area contributed by atoms with Crippen molar-refractivity contribution < 1.29 is 33.8 Å². The van der Waals surface area contributed by atoms with Crippen LogP contribution in [0.3, 0.4) is 0 Å². The third-order valence-electron chi connectivity index (χ3n) is 5.60. The van der Waals surface area contributed by atoms with E-state index < -0.39 is 28.9 Å². The van der Waals surface area contributed by atoms with Crippen LogP contribution in [0.4, 0.5) is 0 Å². The Morgan fingerprint density at radius 2 is 1.37 bits per heavy atom. The van der Waals surface area contributed by atoms with Crippen LogP contribution in [-0.2, 0) is 25.6 Å². The van der Waals surface area contributed by atoms with Crippen LogP contribution in [0.1, 0.15) is 58.8 Å². The van der Waals surface area contributed by atoms with Crippen LogP contribution in [0.5, 0.6) is 11.5 Å². The molecule has 0 aliphatic heterocycles. The summed E-state index contributed by atoms with van der Waals surface area (Å²) in [5, 5.41) is 19.0. The van der Waals surface area contributed by atoms with Gasteiger partial charge in [0.25, 0.3) is 0 Å². The van der Waals surface area contributed by atoms with Gasteiger partial charge in [-0.1, -0.05) is 36.4 Å². The summed E-state index contributed by atoms with van der Waals surface area (Å²) in [6.07, 6.45) is -0.766. The smallest absolute Gasteiger partial charge is 0.316 e. The molecule has 0 fully saturated rings. The van der Waals surface area contributed by atoms with Crippen molar-refractivity contribution in [2.45, 2.75) is 54.1 Å². The summed E-state index contributed by atoms with van der Waals surface area (Å²) in [6.45, 7) is 10.9. The summed E-state index contributed by atoms with van der Waals surface area (Å²) in [7, 11) is 0. The van der Waals surface area contributed by atoms with Crippen LogP contribution in [0.15, 0.2) is 48.5 Å². The molecule has 0 aliphatic rings. The number of aliphatic hydroxyl groups excluding tert-OH is 1. The van der Waals surface area contributed by atoms with Gasteiger partial charge in [0.15, 0.2) is 11.5 Å². The van der Waals surface area contributed by atoms with E-state index in [4.69, 9.17) is 9.47 Å². The average Bonchev–Trinajstić information content (AvgIpc) is 2.87. The summed E-state index contributed by atoms with van der Waals surface area (Å²) in [5.74, 6) is -1.45. The van der Waals surface area contributed by atoms with E-state index in [9.17, 15) is 24.3 Å². The lowest BCUT2D eigenvalue weighted by Crippen LogP contribution is -2.40. The summed E-state index contributed by atoms with van der Waals surface area (Å²) >= 11 is 0. The molecule has 1 unspecified atom stereocenters. The highest BCUT2D eigenvalue weighted by molar-refractivity contribution is 8.93. The molecule has 0 saturated carbocycles. The first-order valence-electron chi connectivity index (χ1n) is 13.2. The zero-order valence-electron chi connectivity index (χ0n) is 24.5. The fourth-order valence-corrected chi connectivity index (χ4v) is 3.13. The van der Waals surface area contributed by atoms with Gasteiger partial charge in [0.1, 0.15) is 0 Å². The summed E-state index contributed by atoms with van der Waals surface area (Å²) in [5.41, 5.74) is -0.249. The number of carbonyl (C=O) groups is 4. The number of carbonyl (C=O) groups excluding carboxylic acids is 4. The Morgan fingerprint density at radius 1 is 0.780 bits per heavy atom. The van der Waals surface area contributed by atoms with E-state index in [-0.39, 0.29) is 66.3 Å². The van der Waals surface area contributed by atoms with Gasteiger partial charge in [-0.25, -0.2) is 0 Å². The minimum Gasteiger partial charge on any atom is -0.422 e. The Morgan fingerprint density at radius 3 is 1.95 bits per heavy atom. The number of benzene rings is 2. The van der Waals surface area contributed by atoms with Crippen molar-refractivity contribution in [1.82, 2.24) is 16.0 Å². The first-order chi connectivity index (χ1) is 18.7. The molecular weight excluding hydrogens is 594 g/mol. The highest BCUT2D eigenvalue weighted by Gasteiger charge is 2.28. The van der Waals surface area contributed by atoms with Gasteiger partial charge < -0.3 is 30.5 Å². The standard InChI is InChI=1S/C30H41N3O7.BrH/c1-29(2,3)27(37)39-23-13-12-21(17-24(23)40-28(38)30(4,5)6)22(34)18-31-14-15-32-26(36)19-33-25(35)16-20-10-8-7-9-11-20;/h7-13,17,22,31,34H,14-16,18-19H2,1-6H3,(H,32,36)(H,33,35);1H. The van der Waals surface area contributed by atoms with E-state index in [0.717, 1.165) is 5.56 Å². The summed E-state index contributed by atoms with van der Waals surface area (Å²) in [6, 6.07) is 13.8. The molecule has 41 heavy (non-hydrogen) atoms. The van der Waals surface area contributed by atoms with Gasteiger partial charge in [0, 0.05) is 19.6 Å². The quantitative estimate of drug-likeness (QED) is 0.158. The number of halogens is 1. The highest BCUT2D eigenvalue weighted by atomic mass is 79.9. The molecule has 4 N–H and O–H groups in total. The molecule has 0 aliphatic carbocycles. The normalized spacial score (nSPS) is 12.0. The van der Waals surface area contributed by atoms with Crippen molar-refractivity contribution in [1.29, 1.82) is 0 Å². The molecule has 2 rings (SSSR count). The molecule has 0 heterocycles. The van der Waals surface area contributed by atoms with Crippen LogP contribution >= 0.6 is 17.0 Å². The van der Waals surface area contributed by atoms with Gasteiger partial charge in [-0.05, 0) is 64.8 Å². The Bertz CT molecular complexity index is 1170. The Kier molecular flexibility index (Phi) is 14.2. The van der Waals surface area contributed by atoms with Gasteiger partial charge in [0.2, 0.25) is 11.8 Å². The fraction of sp³-hybridized carbons (Fsp3) is 0.467. The number of hydrogen-bond acceptors (Lipinski definition) is 8. The van der Waals surface area contributed by atoms with Gasteiger partial charge in [-0.2, -0.15) is 0 Å². The fourth-order valence-electron chi connectivity index (χ4n) is 3.13. The maximum absolute atomic E-state index is 12.5. The molecule has 0 saturated heterocycles. The van der Waals surface area contributed by atoms with Gasteiger partial charge in [-0.15, -0.1) is 17.0 Å². The number of nitrogens with one attached hydrogen (secondary N) is 3. The molecule has 2 amide bonds. The van der Waals surface area contributed by atoms with Crippen LogP contribution in [0.2, 0.25) is 0 Å². The zero-order chi connectivity index (χ0) is 29.9. The van der Waals surface area contributed by atoms with Gasteiger partial charge in [-0.3, -0.25) is 19.2 Å². The van der Waals surface area contributed by atoms with Crippen molar-refractivity contribution in [3.63, 3.8) is 0 Å². The number of esters is 2. The number of ether oxygens (including phenoxy) is 2. The molecule has 11 heteroatoms. The van der Waals surface area contributed by atoms with E-state index in [2.05, 4.69) is 16.0 Å². The molecule has 10 nitrogen and oxygen atoms in total. The van der Waals surface area contributed by atoms with Crippen LogP contribution < -0.4 is 25.4 Å². The predicted molar refractivity (Wildman–Crippen MR) is 161 cm³/mol. The van der Waals surface area contributed by atoms with E-state index >= 15 is 0 Å². The Hall–Kier alpha value is -3.28. The number of aliphatic hydroxyl groups is 1. The van der Waals surface area contributed by atoms with E-state index in [1.54, 1.807) is 47.6 Å². The van der Waals surface area contributed by atoms with E-state index in [1.807, 2.05) is 30.3 Å². The van der Waals surface area contributed by atoms with Crippen molar-refractivity contribution in [3.05, 3.63) is 59.7 Å². The van der Waals surface area contributed by atoms with Gasteiger partial charge >= 0.3 is 11.9 Å². The molecule has 0 aromatic heterocycles. The number of rotatable bonds is 12. The monoisotopic (exact) mass is 635 g/mol. The third-order valence-corrected chi connectivity index (χ3v) is 5.60. The number of amides is 2. The third kappa shape index (κ3) is 12.8. The Balaban J connectivity index is 0.00000840. The highest BCUT2D eigenvalue weighted by Crippen LogP contribution is 2.34. The maximum Gasteiger partial charge on any atom is 0.316 e. The second-order valence-corrected chi connectivity index (χ2v) is 11.5. The van der Waals surface area contributed by atoms with Crippen molar-refractivity contribution in [3.8, 4) is 11.5 Å². The molecular formula is C30H42BrN3O7. The number of hydrogen-bond donors (Lipinski definition) is 4. The molecule has 0 bridgehead atoms. The Labute approximate surface area is 252 Å². The summed E-state index contributed by atoms with van der Waals surface area (Å²) < 4.78 is 11.0. The van der Waals surface area contributed by atoms with Crippen LogP contribution in [0.25, 0.3) is 0 Å². The minimum absolute atomic E-state index is 0. The first kappa shape index (κ1) is 35.7. The second kappa shape index (κ2) is 16.2. The van der Waals surface area contributed by atoms with Crippen molar-refractivity contribution >= 4 is 40.7 Å². The molecule has 1 atom stereocenters. The lowest BCUT2D eigenvalue weighted by atomic mass is 9.97. The predicted octanol–water partition coefficient (Wildman–Crippen LogP) is 3.27. The topological polar surface area (TPSA) is 143 Å². The molecule has 226 valence electrons. The van der Waals surface area contributed by atoms with E-state index in [1.165, 1.54) is 12.1 Å². The lowest BCUT2D eigenvalue weighted by molar-refractivity contribution is -0.145. The summed E-state index contributed by atoms with van der Waals surface area (Å²) in [4.78, 5) is 48.9. The van der Waals surface area contributed by atoms with Crippen LogP contribution in [0, 0.1) is 10.8 Å².